The molecule has 0 saturated carbocycles. The van der Waals surface area contributed by atoms with Gasteiger partial charge in [0.05, 0.1) is 11.8 Å². The van der Waals surface area contributed by atoms with Crippen LogP contribution in [0.5, 0.6) is 0 Å². The van der Waals surface area contributed by atoms with Crippen molar-refractivity contribution in [3.05, 3.63) is 69.7 Å². The fourth-order valence-electron chi connectivity index (χ4n) is 2.51. The summed E-state index contributed by atoms with van der Waals surface area (Å²) in [5.41, 5.74) is 3.80. The first-order valence-electron chi connectivity index (χ1n) is 8.48. The molecule has 1 atom stereocenters. The molecular weight excluding hydrogens is 394 g/mol. The summed E-state index contributed by atoms with van der Waals surface area (Å²) in [5, 5.41) is 3.08. The molecule has 0 heterocycles. The summed E-state index contributed by atoms with van der Waals surface area (Å²) in [6, 6.07) is 16.7. The van der Waals surface area contributed by atoms with Crippen LogP contribution in [0.1, 0.15) is 50.4 Å². The lowest BCUT2D eigenvalue weighted by Crippen LogP contribution is -2.28. The Morgan fingerprint density at radius 1 is 1.12 bits per heavy atom. The van der Waals surface area contributed by atoms with Crippen LogP contribution in [0.2, 0.25) is 0 Å². The average molecular weight is 420 g/mol. The molecule has 0 radical (unpaired) electrons. The van der Waals surface area contributed by atoms with Crippen LogP contribution in [0.3, 0.4) is 0 Å². The van der Waals surface area contributed by atoms with Crippen LogP contribution in [0.25, 0.3) is 0 Å². The van der Waals surface area contributed by atoms with Gasteiger partial charge in [0.25, 0.3) is 0 Å². The van der Waals surface area contributed by atoms with Crippen molar-refractivity contribution in [3.8, 4) is 0 Å². The molecule has 0 aromatic heterocycles. The Morgan fingerprint density at radius 2 is 1.76 bits per heavy atom. The summed E-state index contributed by atoms with van der Waals surface area (Å²) in [7, 11) is 0. The van der Waals surface area contributed by atoms with Gasteiger partial charge in [0.15, 0.2) is 0 Å². The molecule has 0 spiro atoms. The van der Waals surface area contributed by atoms with E-state index in [-0.39, 0.29) is 17.4 Å². The van der Waals surface area contributed by atoms with Crippen LogP contribution in [0, 0.1) is 0 Å². The lowest BCUT2D eigenvalue weighted by molar-refractivity contribution is -0.119. The Bertz CT molecular complexity index is 707. The van der Waals surface area contributed by atoms with Crippen LogP contribution in [0.15, 0.2) is 53.0 Å². The van der Waals surface area contributed by atoms with E-state index in [1.165, 1.54) is 11.1 Å². The molecule has 2 nitrogen and oxygen atoms in total. The van der Waals surface area contributed by atoms with Crippen LogP contribution in [-0.4, -0.2) is 11.7 Å². The van der Waals surface area contributed by atoms with Crippen molar-refractivity contribution in [1.82, 2.24) is 5.32 Å². The van der Waals surface area contributed by atoms with Crippen molar-refractivity contribution in [3.63, 3.8) is 0 Å². The Hall–Kier alpha value is -1.26. The molecule has 2 rings (SSSR count). The Labute approximate surface area is 163 Å². The number of nitrogens with one attached hydrogen (secondary N) is 1. The van der Waals surface area contributed by atoms with Crippen molar-refractivity contribution in [2.45, 2.75) is 44.9 Å². The molecule has 1 amide bonds. The van der Waals surface area contributed by atoms with Gasteiger partial charge >= 0.3 is 0 Å². The van der Waals surface area contributed by atoms with E-state index in [1.807, 2.05) is 25.1 Å². The van der Waals surface area contributed by atoms with Gasteiger partial charge in [0.1, 0.15) is 0 Å². The number of amides is 1. The van der Waals surface area contributed by atoms with Gasteiger partial charge in [0, 0.05) is 10.2 Å². The largest absolute Gasteiger partial charge is 0.349 e. The van der Waals surface area contributed by atoms with Crippen molar-refractivity contribution in [1.29, 1.82) is 0 Å². The zero-order valence-electron chi connectivity index (χ0n) is 15.3. The van der Waals surface area contributed by atoms with E-state index in [2.05, 4.69) is 72.3 Å². The number of thioether (sulfide) groups is 1. The molecule has 1 N–H and O–H groups in total. The molecule has 2 aromatic rings. The topological polar surface area (TPSA) is 29.1 Å². The summed E-state index contributed by atoms with van der Waals surface area (Å²) in [6.45, 7) is 8.64. The highest BCUT2D eigenvalue weighted by Gasteiger charge is 2.15. The van der Waals surface area contributed by atoms with Gasteiger partial charge in [-0.3, -0.25) is 4.79 Å². The summed E-state index contributed by atoms with van der Waals surface area (Å²) in [5.74, 6) is 1.36. The SMILES string of the molecule is C[C@@H](NC(=O)CSCc1ccccc1Br)c1ccc(C(C)(C)C)cc1. The van der Waals surface area contributed by atoms with Crippen LogP contribution < -0.4 is 5.32 Å². The normalized spacial score (nSPS) is 12.7. The Morgan fingerprint density at radius 3 is 2.36 bits per heavy atom. The number of carbonyl (C=O) groups excluding carboxylic acids is 1. The first-order chi connectivity index (χ1) is 11.8. The minimum atomic E-state index is 0.0191. The molecule has 2 aromatic carbocycles. The Balaban J connectivity index is 1.82. The van der Waals surface area contributed by atoms with Crippen LogP contribution in [-0.2, 0) is 16.0 Å². The zero-order valence-corrected chi connectivity index (χ0v) is 17.7. The van der Waals surface area contributed by atoms with Gasteiger partial charge in [-0.2, -0.15) is 0 Å². The standard InChI is InChI=1S/C21H26BrNOS/c1-15(16-9-11-18(12-10-16)21(2,3)4)23-20(24)14-25-13-17-7-5-6-8-19(17)22/h5-12,15H,13-14H2,1-4H3,(H,23,24)/t15-/m1/s1. The van der Waals surface area contributed by atoms with Crippen LogP contribution in [0.4, 0.5) is 0 Å². The first-order valence-corrected chi connectivity index (χ1v) is 10.4. The molecular formula is C21H26BrNOS. The van der Waals surface area contributed by atoms with E-state index in [1.54, 1.807) is 11.8 Å². The second kappa shape index (κ2) is 8.91. The molecule has 134 valence electrons. The lowest BCUT2D eigenvalue weighted by Gasteiger charge is -2.20. The second-order valence-corrected chi connectivity index (χ2v) is 9.09. The Kier molecular flexibility index (Phi) is 7.14. The van der Waals surface area contributed by atoms with E-state index in [4.69, 9.17) is 0 Å². The first kappa shape index (κ1) is 20.1. The van der Waals surface area contributed by atoms with Gasteiger partial charge in [0.2, 0.25) is 5.91 Å². The second-order valence-electron chi connectivity index (χ2n) is 7.25. The van der Waals surface area contributed by atoms with Crippen molar-refractivity contribution < 1.29 is 4.79 Å². The predicted octanol–water partition coefficient (Wildman–Crippen LogP) is 5.86. The zero-order chi connectivity index (χ0) is 18.4. The quantitative estimate of drug-likeness (QED) is 0.635. The van der Waals surface area contributed by atoms with Gasteiger partial charge in [-0.15, -0.1) is 11.8 Å². The maximum Gasteiger partial charge on any atom is 0.230 e. The maximum atomic E-state index is 12.2. The fourth-order valence-corrected chi connectivity index (χ4v) is 3.96. The molecule has 0 aliphatic heterocycles. The highest BCUT2D eigenvalue weighted by atomic mass is 79.9. The molecule has 0 fully saturated rings. The monoisotopic (exact) mass is 419 g/mol. The third kappa shape index (κ3) is 6.19. The van der Waals surface area contributed by atoms with E-state index in [9.17, 15) is 4.79 Å². The number of rotatable bonds is 6. The van der Waals surface area contributed by atoms with E-state index < -0.39 is 0 Å². The van der Waals surface area contributed by atoms with Gasteiger partial charge < -0.3 is 5.32 Å². The minimum absolute atomic E-state index is 0.0191. The number of halogens is 1. The third-order valence-electron chi connectivity index (χ3n) is 4.10. The summed E-state index contributed by atoms with van der Waals surface area (Å²) in [4.78, 5) is 12.2. The van der Waals surface area contributed by atoms with Crippen molar-refractivity contribution in [2.75, 3.05) is 5.75 Å². The highest BCUT2D eigenvalue weighted by Crippen LogP contribution is 2.24. The summed E-state index contributed by atoms with van der Waals surface area (Å²) in [6.07, 6.45) is 0. The number of carbonyl (C=O) groups is 1. The van der Waals surface area contributed by atoms with Gasteiger partial charge in [-0.1, -0.05) is 79.2 Å². The minimum Gasteiger partial charge on any atom is -0.349 e. The average Bonchev–Trinajstić information content (AvgIpc) is 2.56. The summed E-state index contributed by atoms with van der Waals surface area (Å²) >= 11 is 5.17. The number of hydrogen-bond donors (Lipinski definition) is 1. The molecule has 0 unspecified atom stereocenters. The van der Waals surface area contributed by atoms with Gasteiger partial charge in [-0.05, 0) is 35.1 Å². The smallest absolute Gasteiger partial charge is 0.230 e. The summed E-state index contributed by atoms with van der Waals surface area (Å²) < 4.78 is 1.09. The lowest BCUT2D eigenvalue weighted by atomic mass is 9.86. The fraction of sp³-hybridized carbons (Fsp3) is 0.381. The molecule has 0 bridgehead atoms. The molecule has 0 aliphatic rings. The number of hydrogen-bond acceptors (Lipinski definition) is 2. The molecule has 4 heteroatoms. The van der Waals surface area contributed by atoms with E-state index in [0.29, 0.717) is 5.75 Å². The van der Waals surface area contributed by atoms with Gasteiger partial charge in [-0.25, -0.2) is 0 Å². The highest BCUT2D eigenvalue weighted by molar-refractivity contribution is 9.10. The maximum absolute atomic E-state index is 12.2. The van der Waals surface area contributed by atoms with Crippen LogP contribution >= 0.6 is 27.7 Å². The molecule has 25 heavy (non-hydrogen) atoms. The van der Waals surface area contributed by atoms with E-state index >= 15 is 0 Å². The van der Waals surface area contributed by atoms with E-state index in [0.717, 1.165) is 15.8 Å². The number of benzene rings is 2. The third-order valence-corrected chi connectivity index (χ3v) is 5.86. The predicted molar refractivity (Wildman–Crippen MR) is 112 cm³/mol. The van der Waals surface area contributed by atoms with Crippen molar-refractivity contribution >= 4 is 33.6 Å². The van der Waals surface area contributed by atoms with Crippen molar-refractivity contribution in [2.24, 2.45) is 0 Å². The molecule has 0 saturated heterocycles. The molecule has 0 aliphatic carbocycles.